The van der Waals surface area contributed by atoms with Gasteiger partial charge in [0.05, 0.1) is 0 Å². The Kier molecular flexibility index (Phi) is 9.72. The number of hydrogen-bond acceptors (Lipinski definition) is 3. The minimum atomic E-state index is -4.20. The molecule has 2 saturated heterocycles. The molecule has 2 aliphatic rings. The highest BCUT2D eigenvalue weighted by atomic mass is 127. The average Bonchev–Trinajstić information content (AvgIpc) is 2.74. The molecular weight excluding hydrogens is 544 g/mol. The summed E-state index contributed by atoms with van der Waals surface area (Å²) >= 11 is 6.52. The third-order valence-electron chi connectivity index (χ3n) is 6.33. The molecule has 1 aromatic rings. The van der Waals surface area contributed by atoms with Crippen molar-refractivity contribution in [3.63, 3.8) is 0 Å². The molecule has 0 amide bonds. The van der Waals surface area contributed by atoms with Crippen molar-refractivity contribution in [2.45, 2.75) is 37.4 Å². The Morgan fingerprint density at radius 1 is 1.19 bits per heavy atom. The summed E-state index contributed by atoms with van der Waals surface area (Å²) in [6.45, 7) is 4.91. The average molecular weight is 575 g/mol. The van der Waals surface area contributed by atoms with Gasteiger partial charge in [-0.2, -0.15) is 13.2 Å². The zero-order valence-corrected chi connectivity index (χ0v) is 21.0. The van der Waals surface area contributed by atoms with E-state index in [1.54, 1.807) is 7.05 Å². The van der Waals surface area contributed by atoms with Crippen LogP contribution in [0.2, 0.25) is 5.02 Å². The first-order valence-electron chi connectivity index (χ1n) is 10.4. The topological polar surface area (TPSA) is 40.1 Å². The van der Waals surface area contributed by atoms with E-state index in [2.05, 4.69) is 16.4 Å². The molecule has 0 radical (unpaired) electrons. The standard InChI is InChI=1S/C21H30ClF3N4O.HI/c1-16(21(23,24)25)28-9-11-29(12-10-28)19(26-2)27-15-20(7-13-30-14-8-20)17-5-3-4-6-18(17)22;/h3-6,16H,7-15H2,1-2H3,(H,26,27);1H. The summed E-state index contributed by atoms with van der Waals surface area (Å²) in [6, 6.07) is 6.46. The quantitative estimate of drug-likeness (QED) is 0.333. The number of halogens is 5. The van der Waals surface area contributed by atoms with Gasteiger partial charge in [-0.25, -0.2) is 0 Å². The Balaban J connectivity index is 0.00000341. The lowest BCUT2D eigenvalue weighted by Gasteiger charge is -2.42. The van der Waals surface area contributed by atoms with E-state index in [4.69, 9.17) is 16.3 Å². The Hall–Kier alpha value is -0.780. The number of rotatable bonds is 4. The molecule has 2 heterocycles. The van der Waals surface area contributed by atoms with Crippen LogP contribution in [0.4, 0.5) is 13.2 Å². The second kappa shape index (κ2) is 11.4. The highest BCUT2D eigenvalue weighted by Gasteiger charge is 2.41. The van der Waals surface area contributed by atoms with Gasteiger partial charge in [-0.3, -0.25) is 9.89 Å². The van der Waals surface area contributed by atoms with Crippen LogP contribution in [0.3, 0.4) is 0 Å². The molecular formula is C21H31ClF3IN4O. The van der Waals surface area contributed by atoms with Gasteiger partial charge in [0, 0.05) is 63.4 Å². The summed E-state index contributed by atoms with van der Waals surface area (Å²) in [4.78, 5) is 7.90. The molecule has 1 N–H and O–H groups in total. The highest BCUT2D eigenvalue weighted by Crippen LogP contribution is 2.38. The van der Waals surface area contributed by atoms with Crippen molar-refractivity contribution in [2.24, 2.45) is 4.99 Å². The number of nitrogens with one attached hydrogen (secondary N) is 1. The van der Waals surface area contributed by atoms with Gasteiger partial charge < -0.3 is 15.0 Å². The zero-order chi connectivity index (χ0) is 21.8. The minimum absolute atomic E-state index is 0. The van der Waals surface area contributed by atoms with E-state index in [1.807, 2.05) is 23.1 Å². The number of ether oxygens (including phenoxy) is 1. The Labute approximate surface area is 204 Å². The van der Waals surface area contributed by atoms with Gasteiger partial charge in [-0.05, 0) is 31.4 Å². The molecule has 0 bridgehead atoms. The summed E-state index contributed by atoms with van der Waals surface area (Å²) in [5.41, 5.74) is 0.931. The van der Waals surface area contributed by atoms with E-state index in [0.29, 0.717) is 51.9 Å². The number of hydrogen-bond donors (Lipinski definition) is 1. The molecule has 31 heavy (non-hydrogen) atoms. The maximum Gasteiger partial charge on any atom is 0.403 e. The summed E-state index contributed by atoms with van der Waals surface area (Å²) in [5, 5.41) is 4.21. The summed E-state index contributed by atoms with van der Waals surface area (Å²) in [7, 11) is 1.71. The van der Waals surface area contributed by atoms with Crippen LogP contribution in [0.5, 0.6) is 0 Å². The van der Waals surface area contributed by atoms with Gasteiger partial charge >= 0.3 is 6.18 Å². The van der Waals surface area contributed by atoms with Gasteiger partial charge in [0.1, 0.15) is 6.04 Å². The van der Waals surface area contributed by atoms with Crippen LogP contribution in [-0.2, 0) is 10.2 Å². The Bertz CT molecular complexity index is 736. The smallest absolute Gasteiger partial charge is 0.381 e. The minimum Gasteiger partial charge on any atom is -0.381 e. The monoisotopic (exact) mass is 574 g/mol. The number of nitrogens with zero attached hydrogens (tertiary/aromatic N) is 3. The van der Waals surface area contributed by atoms with Crippen LogP contribution in [0.1, 0.15) is 25.3 Å². The summed E-state index contributed by atoms with van der Waals surface area (Å²) < 4.78 is 44.6. The van der Waals surface area contributed by atoms with Crippen molar-refractivity contribution >= 4 is 41.5 Å². The lowest BCUT2D eigenvalue weighted by atomic mass is 9.74. The normalized spacial score (nSPS) is 21.4. The van der Waals surface area contributed by atoms with Crippen molar-refractivity contribution < 1.29 is 17.9 Å². The molecule has 176 valence electrons. The predicted molar refractivity (Wildman–Crippen MR) is 129 cm³/mol. The Morgan fingerprint density at radius 2 is 1.81 bits per heavy atom. The number of piperazine rings is 1. The van der Waals surface area contributed by atoms with Gasteiger partial charge in [0.15, 0.2) is 5.96 Å². The van der Waals surface area contributed by atoms with Crippen LogP contribution in [0.15, 0.2) is 29.3 Å². The lowest BCUT2D eigenvalue weighted by Crippen LogP contribution is -2.58. The Morgan fingerprint density at radius 3 is 2.35 bits per heavy atom. The first-order chi connectivity index (χ1) is 14.3. The van der Waals surface area contributed by atoms with E-state index in [-0.39, 0.29) is 29.4 Å². The van der Waals surface area contributed by atoms with E-state index in [0.717, 1.165) is 23.4 Å². The molecule has 0 aromatic heterocycles. The fraction of sp³-hybridized carbons (Fsp3) is 0.667. The second-order valence-corrected chi connectivity index (χ2v) is 8.42. The van der Waals surface area contributed by atoms with Crippen LogP contribution >= 0.6 is 35.6 Å². The number of guanidine groups is 1. The summed E-state index contributed by atoms with van der Waals surface area (Å²) in [5.74, 6) is 0.715. The first kappa shape index (κ1) is 26.5. The fourth-order valence-corrected chi connectivity index (χ4v) is 4.64. The number of benzene rings is 1. The molecule has 5 nitrogen and oxygen atoms in total. The van der Waals surface area contributed by atoms with Gasteiger partial charge in [-0.1, -0.05) is 29.8 Å². The largest absolute Gasteiger partial charge is 0.403 e. The summed E-state index contributed by atoms with van der Waals surface area (Å²) in [6.07, 6.45) is -2.51. The molecule has 3 rings (SSSR count). The third-order valence-corrected chi connectivity index (χ3v) is 6.66. The van der Waals surface area contributed by atoms with Crippen LogP contribution in [0, 0.1) is 0 Å². The molecule has 0 saturated carbocycles. The second-order valence-electron chi connectivity index (χ2n) is 8.01. The van der Waals surface area contributed by atoms with Crippen molar-refractivity contribution in [2.75, 3.05) is 53.0 Å². The lowest BCUT2D eigenvalue weighted by molar-refractivity contribution is -0.181. The van der Waals surface area contributed by atoms with E-state index in [9.17, 15) is 13.2 Å². The van der Waals surface area contributed by atoms with E-state index < -0.39 is 12.2 Å². The van der Waals surface area contributed by atoms with Gasteiger partial charge in [0.2, 0.25) is 0 Å². The van der Waals surface area contributed by atoms with Crippen LogP contribution in [0.25, 0.3) is 0 Å². The molecule has 1 unspecified atom stereocenters. The SMILES string of the molecule is CN=C(NCC1(c2ccccc2Cl)CCOCC1)N1CCN(C(C)C(F)(F)F)CC1.I. The first-order valence-corrected chi connectivity index (χ1v) is 10.7. The molecule has 2 aliphatic heterocycles. The molecule has 2 fully saturated rings. The third kappa shape index (κ3) is 6.39. The molecule has 0 aliphatic carbocycles. The number of aliphatic imine (C=N–C) groups is 1. The molecule has 10 heteroatoms. The van der Waals surface area contributed by atoms with Gasteiger partial charge in [-0.15, -0.1) is 24.0 Å². The fourth-order valence-electron chi connectivity index (χ4n) is 4.30. The van der Waals surface area contributed by atoms with Crippen molar-refractivity contribution in [1.29, 1.82) is 0 Å². The van der Waals surface area contributed by atoms with Crippen LogP contribution in [-0.4, -0.2) is 81.0 Å². The van der Waals surface area contributed by atoms with Crippen LogP contribution < -0.4 is 5.32 Å². The predicted octanol–water partition coefficient (Wildman–Crippen LogP) is 4.15. The maximum absolute atomic E-state index is 13.0. The number of alkyl halides is 3. The zero-order valence-electron chi connectivity index (χ0n) is 17.9. The van der Waals surface area contributed by atoms with Crippen molar-refractivity contribution in [1.82, 2.24) is 15.1 Å². The molecule has 1 atom stereocenters. The molecule has 1 aromatic carbocycles. The van der Waals surface area contributed by atoms with E-state index in [1.165, 1.54) is 11.8 Å². The van der Waals surface area contributed by atoms with Gasteiger partial charge in [0.25, 0.3) is 0 Å². The molecule has 0 spiro atoms. The van der Waals surface area contributed by atoms with Crippen molar-refractivity contribution in [3.8, 4) is 0 Å². The maximum atomic E-state index is 13.0. The van der Waals surface area contributed by atoms with Crippen molar-refractivity contribution in [3.05, 3.63) is 34.9 Å². The highest BCUT2D eigenvalue weighted by molar-refractivity contribution is 14.0. The van der Waals surface area contributed by atoms with E-state index >= 15 is 0 Å².